The number of rotatable bonds is 4. The molecule has 0 spiro atoms. The molecule has 0 aliphatic heterocycles. The monoisotopic (exact) mass is 439 g/mol. The molecule has 3 aromatic rings. The van der Waals surface area contributed by atoms with Gasteiger partial charge < -0.3 is 15.3 Å². The summed E-state index contributed by atoms with van der Waals surface area (Å²) in [7, 11) is 0. The predicted molar refractivity (Wildman–Crippen MR) is 89.1 cm³/mol. The number of aromatic carboxylic acids is 1. The Balaban J connectivity index is 0.00000280. The van der Waals surface area contributed by atoms with Gasteiger partial charge in [-0.1, -0.05) is 17.8 Å². The molecule has 0 radical (unpaired) electrons. The molecule has 0 atom stereocenters. The SMILES string of the molecule is CC(C)(c1cccc(C(=O)O)n1)c1cccc(-c2cc(C(F)(F)F)n[n-]2)n1.[Zn]. The van der Waals surface area contributed by atoms with Crippen molar-refractivity contribution in [2.45, 2.75) is 25.4 Å². The summed E-state index contributed by atoms with van der Waals surface area (Å²) in [6, 6.07) is 10.3. The molecule has 28 heavy (non-hydrogen) atoms. The number of hydrogen-bond donors (Lipinski definition) is 1. The molecule has 3 aromatic heterocycles. The van der Waals surface area contributed by atoms with Crippen molar-refractivity contribution in [3.05, 3.63) is 65.2 Å². The molecule has 0 aliphatic rings. The summed E-state index contributed by atoms with van der Waals surface area (Å²) < 4.78 is 38.2. The first-order valence-corrected chi connectivity index (χ1v) is 7.85. The van der Waals surface area contributed by atoms with Gasteiger partial charge >= 0.3 is 12.1 Å². The first kappa shape index (κ1) is 21.7. The summed E-state index contributed by atoms with van der Waals surface area (Å²) in [5.41, 5.74) is -0.754. The Morgan fingerprint density at radius 1 is 1.00 bits per heavy atom. The summed E-state index contributed by atoms with van der Waals surface area (Å²) >= 11 is 0. The maximum absolute atomic E-state index is 12.7. The zero-order chi connectivity index (χ0) is 19.8. The van der Waals surface area contributed by atoms with Crippen LogP contribution in [-0.2, 0) is 31.1 Å². The van der Waals surface area contributed by atoms with Crippen molar-refractivity contribution in [3.63, 3.8) is 0 Å². The average molecular weight is 441 g/mol. The molecule has 6 nitrogen and oxygen atoms in total. The van der Waals surface area contributed by atoms with Gasteiger partial charge in [-0.25, -0.2) is 9.78 Å². The van der Waals surface area contributed by atoms with E-state index in [2.05, 4.69) is 20.2 Å². The van der Waals surface area contributed by atoms with Crippen molar-refractivity contribution < 1.29 is 42.6 Å². The minimum absolute atomic E-state index is 0. The van der Waals surface area contributed by atoms with Gasteiger partial charge in [0.25, 0.3) is 0 Å². The quantitative estimate of drug-likeness (QED) is 0.624. The van der Waals surface area contributed by atoms with Crippen molar-refractivity contribution >= 4 is 5.97 Å². The number of carboxylic acids is 1. The first-order chi connectivity index (χ1) is 12.6. The summed E-state index contributed by atoms with van der Waals surface area (Å²) in [5.74, 6) is -1.15. The number of alkyl halides is 3. The van der Waals surface area contributed by atoms with E-state index in [0.717, 1.165) is 6.07 Å². The zero-order valence-corrected chi connectivity index (χ0v) is 18.0. The Morgan fingerprint density at radius 2 is 1.61 bits per heavy atom. The number of carboxylic acid groups (broad SMARTS) is 1. The standard InChI is InChI=1S/C18H15F3N4O2.Zn/c1-17(2,14-8-4-6-11(23-14)16(26)27)13-7-3-5-10(22-13)12-9-15(25-24-12)18(19,20)21;/h3-9H,1-2H3,(H2,22,24,25,26,27);/p-1. The molecule has 0 unspecified atom stereocenters. The molecular weight excluding hydrogens is 427 g/mol. The molecule has 0 aromatic carbocycles. The van der Waals surface area contributed by atoms with Crippen LogP contribution in [0.1, 0.15) is 41.4 Å². The minimum Gasteiger partial charge on any atom is -0.573 e. The Labute approximate surface area is 171 Å². The molecule has 142 valence electrons. The van der Waals surface area contributed by atoms with Crippen LogP contribution in [-0.4, -0.2) is 26.1 Å². The van der Waals surface area contributed by atoms with E-state index in [-0.39, 0.29) is 36.6 Å². The van der Waals surface area contributed by atoms with E-state index in [1.165, 1.54) is 12.1 Å². The van der Waals surface area contributed by atoms with Crippen LogP contribution in [0.5, 0.6) is 0 Å². The molecule has 0 amide bonds. The smallest absolute Gasteiger partial charge is 0.431 e. The Morgan fingerprint density at radius 3 is 2.18 bits per heavy atom. The minimum atomic E-state index is -4.58. The van der Waals surface area contributed by atoms with Crippen LogP contribution in [0.3, 0.4) is 0 Å². The van der Waals surface area contributed by atoms with E-state index in [1.54, 1.807) is 38.1 Å². The number of hydrogen-bond acceptors (Lipinski definition) is 4. The van der Waals surface area contributed by atoms with Gasteiger partial charge in [0.1, 0.15) is 11.4 Å². The van der Waals surface area contributed by atoms with E-state index in [0.29, 0.717) is 11.4 Å². The average Bonchev–Trinajstić information content (AvgIpc) is 3.12. The maximum Gasteiger partial charge on any atom is 0.431 e. The summed E-state index contributed by atoms with van der Waals surface area (Å²) in [5, 5.41) is 15.8. The molecule has 0 saturated heterocycles. The Kier molecular flexibility index (Phi) is 6.04. The third kappa shape index (κ3) is 4.27. The molecule has 0 fully saturated rings. The first-order valence-electron chi connectivity index (χ1n) is 7.85. The predicted octanol–water partition coefficient (Wildman–Crippen LogP) is 3.54. The van der Waals surface area contributed by atoms with Crippen LogP contribution in [0.15, 0.2) is 42.5 Å². The molecular formula is C18H14F3N4O2Zn-. The second kappa shape index (κ2) is 7.79. The fraction of sp³-hybridized carbons (Fsp3) is 0.222. The van der Waals surface area contributed by atoms with Gasteiger partial charge in [-0.15, -0.1) is 0 Å². The number of aromatic nitrogens is 4. The van der Waals surface area contributed by atoms with Crippen LogP contribution in [0.4, 0.5) is 13.2 Å². The molecule has 1 N–H and O–H groups in total. The number of pyridine rings is 2. The normalized spacial score (nSPS) is 11.8. The number of carbonyl (C=O) groups is 1. The van der Waals surface area contributed by atoms with Crippen LogP contribution in [0, 0.1) is 0 Å². The molecule has 3 heterocycles. The van der Waals surface area contributed by atoms with Crippen LogP contribution in [0.25, 0.3) is 11.4 Å². The Hall–Kier alpha value is -2.61. The van der Waals surface area contributed by atoms with Gasteiger partial charge in [-0.2, -0.15) is 13.2 Å². The van der Waals surface area contributed by atoms with Gasteiger partial charge in [0.2, 0.25) is 0 Å². The largest absolute Gasteiger partial charge is 0.573 e. The van der Waals surface area contributed by atoms with E-state index in [1.807, 2.05) is 0 Å². The molecule has 0 aliphatic carbocycles. The molecule has 3 rings (SSSR count). The second-order valence-electron chi connectivity index (χ2n) is 6.36. The third-order valence-electron chi connectivity index (χ3n) is 4.09. The summed E-state index contributed by atoms with van der Waals surface area (Å²) in [6.45, 7) is 3.59. The van der Waals surface area contributed by atoms with E-state index < -0.39 is 23.3 Å². The Bertz CT molecular complexity index is 1000. The van der Waals surface area contributed by atoms with Crippen molar-refractivity contribution in [1.29, 1.82) is 0 Å². The molecule has 0 bridgehead atoms. The van der Waals surface area contributed by atoms with Gasteiger partial charge in [0, 0.05) is 30.6 Å². The van der Waals surface area contributed by atoms with E-state index >= 15 is 0 Å². The van der Waals surface area contributed by atoms with Crippen molar-refractivity contribution in [2.75, 3.05) is 0 Å². The van der Waals surface area contributed by atoms with Gasteiger partial charge in [-0.05, 0) is 44.2 Å². The van der Waals surface area contributed by atoms with Crippen LogP contribution in [0.2, 0.25) is 0 Å². The van der Waals surface area contributed by atoms with Gasteiger partial charge in [0.15, 0.2) is 0 Å². The van der Waals surface area contributed by atoms with Crippen LogP contribution < -0.4 is 5.10 Å². The van der Waals surface area contributed by atoms with Gasteiger partial charge in [-0.3, -0.25) is 4.98 Å². The van der Waals surface area contributed by atoms with Crippen LogP contribution >= 0.6 is 0 Å². The fourth-order valence-electron chi connectivity index (χ4n) is 2.52. The topological polar surface area (TPSA) is 90.1 Å². The number of halogens is 3. The fourth-order valence-corrected chi connectivity index (χ4v) is 2.52. The molecule has 10 heteroatoms. The number of nitrogens with zero attached hydrogens (tertiary/aromatic N) is 4. The van der Waals surface area contributed by atoms with Gasteiger partial charge in [0.05, 0.1) is 11.4 Å². The van der Waals surface area contributed by atoms with E-state index in [9.17, 15) is 18.0 Å². The summed E-state index contributed by atoms with van der Waals surface area (Å²) in [6.07, 6.45) is -4.58. The van der Waals surface area contributed by atoms with Crippen molar-refractivity contribution in [3.8, 4) is 11.4 Å². The second-order valence-corrected chi connectivity index (χ2v) is 6.36. The zero-order valence-electron chi connectivity index (χ0n) is 15.0. The molecule has 0 saturated carbocycles. The van der Waals surface area contributed by atoms with Crippen molar-refractivity contribution in [2.24, 2.45) is 0 Å². The van der Waals surface area contributed by atoms with Crippen molar-refractivity contribution in [1.82, 2.24) is 20.2 Å². The maximum atomic E-state index is 12.7. The third-order valence-corrected chi connectivity index (χ3v) is 4.09. The summed E-state index contributed by atoms with van der Waals surface area (Å²) in [4.78, 5) is 19.7. The van der Waals surface area contributed by atoms with E-state index in [4.69, 9.17) is 5.11 Å².